The first-order valence-electron chi connectivity index (χ1n) is 14.5. The second kappa shape index (κ2) is 15.0. The minimum Gasteiger partial charge on any atom is -0.444 e. The molecule has 4 N–H and O–H groups in total. The number of ether oxygens (including phenoxy) is 1. The predicted octanol–water partition coefficient (Wildman–Crippen LogP) is 4.88. The lowest BCUT2D eigenvalue weighted by molar-refractivity contribution is 0.0876. The molecular weight excluding hydrogens is 649 g/mol. The lowest BCUT2D eigenvalue weighted by Crippen LogP contribution is -2.51. The number of benzene rings is 2. The SMILES string of the molecule is CC(C)CN(C[C@@H](O)[C@H](Cc1ccccc1)NC(=O)OCc1cncs1)S(=O)(=O)c1ccc2nc(NC(=O)c3ccc[nH]3)sc2c1. The highest BCUT2D eigenvalue weighted by molar-refractivity contribution is 7.89. The number of H-pyrrole nitrogens is 1. The molecule has 0 aliphatic carbocycles. The number of anilines is 1. The summed E-state index contributed by atoms with van der Waals surface area (Å²) in [5.74, 6) is -0.422. The molecule has 2 amide bonds. The number of carbonyl (C=O) groups excluding carboxylic acids is 2. The highest BCUT2D eigenvalue weighted by Gasteiger charge is 2.32. The molecule has 0 saturated heterocycles. The number of carbonyl (C=O) groups is 2. The Morgan fingerprint density at radius 1 is 1.09 bits per heavy atom. The molecule has 5 aromatic rings. The van der Waals surface area contributed by atoms with E-state index in [-0.39, 0.29) is 42.8 Å². The average molecular weight is 683 g/mol. The number of aliphatic hydroxyl groups is 1. The van der Waals surface area contributed by atoms with Crippen LogP contribution in [0.1, 0.15) is 34.8 Å². The van der Waals surface area contributed by atoms with Gasteiger partial charge in [0.05, 0.1) is 37.6 Å². The Morgan fingerprint density at radius 2 is 1.89 bits per heavy atom. The van der Waals surface area contributed by atoms with Crippen molar-refractivity contribution in [2.45, 2.75) is 43.9 Å². The van der Waals surface area contributed by atoms with E-state index in [0.717, 1.165) is 21.8 Å². The molecule has 15 heteroatoms. The lowest BCUT2D eigenvalue weighted by Gasteiger charge is -2.30. The van der Waals surface area contributed by atoms with Gasteiger partial charge in [0.2, 0.25) is 10.0 Å². The van der Waals surface area contributed by atoms with Crippen LogP contribution in [-0.2, 0) is 27.8 Å². The maximum Gasteiger partial charge on any atom is 0.407 e. The molecule has 2 aromatic carbocycles. The van der Waals surface area contributed by atoms with Crippen LogP contribution in [0.2, 0.25) is 0 Å². The minimum absolute atomic E-state index is 0.0234. The van der Waals surface area contributed by atoms with Crippen molar-refractivity contribution >= 4 is 60.0 Å². The van der Waals surface area contributed by atoms with Crippen molar-refractivity contribution in [2.24, 2.45) is 5.92 Å². The summed E-state index contributed by atoms with van der Waals surface area (Å²) >= 11 is 2.50. The minimum atomic E-state index is -4.10. The summed E-state index contributed by atoms with van der Waals surface area (Å²) in [5.41, 5.74) is 3.39. The summed E-state index contributed by atoms with van der Waals surface area (Å²) in [7, 11) is -4.10. The van der Waals surface area contributed by atoms with E-state index in [1.165, 1.54) is 27.8 Å². The Morgan fingerprint density at radius 3 is 2.59 bits per heavy atom. The molecular formula is C31H34N6O6S3. The molecule has 46 heavy (non-hydrogen) atoms. The summed E-state index contributed by atoms with van der Waals surface area (Å²) in [4.78, 5) is 37.2. The Hall–Kier alpha value is -4.15. The summed E-state index contributed by atoms with van der Waals surface area (Å²) < 4.78 is 35.2. The zero-order valence-electron chi connectivity index (χ0n) is 25.1. The van der Waals surface area contributed by atoms with E-state index in [4.69, 9.17) is 4.74 Å². The number of thiazole rings is 2. The van der Waals surface area contributed by atoms with Crippen LogP contribution in [-0.4, -0.2) is 70.0 Å². The number of nitrogens with one attached hydrogen (secondary N) is 3. The summed E-state index contributed by atoms with van der Waals surface area (Å²) in [5, 5.41) is 17.3. The molecule has 2 atom stereocenters. The lowest BCUT2D eigenvalue weighted by atomic mass is 10.0. The monoisotopic (exact) mass is 682 g/mol. The molecule has 0 radical (unpaired) electrons. The molecule has 242 valence electrons. The zero-order chi connectivity index (χ0) is 32.7. The molecule has 3 heterocycles. The number of aromatic amines is 1. The normalized spacial score (nSPS) is 13.2. The van der Waals surface area contributed by atoms with Crippen molar-refractivity contribution in [3.63, 3.8) is 0 Å². The smallest absolute Gasteiger partial charge is 0.407 e. The van der Waals surface area contributed by atoms with Crippen LogP contribution in [0.4, 0.5) is 9.93 Å². The number of rotatable bonds is 14. The fourth-order valence-electron chi connectivity index (χ4n) is 4.71. The quantitative estimate of drug-likeness (QED) is 0.129. The number of amides is 2. The summed E-state index contributed by atoms with van der Waals surface area (Å²) in [6.07, 6.45) is 1.48. The highest BCUT2D eigenvalue weighted by Crippen LogP contribution is 2.30. The van der Waals surface area contributed by atoms with Gasteiger partial charge in [0.25, 0.3) is 5.91 Å². The van der Waals surface area contributed by atoms with Gasteiger partial charge in [-0.2, -0.15) is 4.31 Å². The molecule has 0 saturated carbocycles. The zero-order valence-corrected chi connectivity index (χ0v) is 27.6. The van der Waals surface area contributed by atoms with Crippen molar-refractivity contribution in [1.29, 1.82) is 0 Å². The van der Waals surface area contributed by atoms with Gasteiger partial charge in [0.1, 0.15) is 12.3 Å². The van der Waals surface area contributed by atoms with E-state index in [0.29, 0.717) is 21.0 Å². The van der Waals surface area contributed by atoms with Crippen molar-refractivity contribution in [1.82, 2.24) is 24.6 Å². The fraction of sp³-hybridized carbons (Fsp3) is 0.290. The van der Waals surface area contributed by atoms with E-state index in [9.17, 15) is 23.1 Å². The molecule has 0 aliphatic heterocycles. The topological polar surface area (TPSA) is 167 Å². The number of nitrogens with zero attached hydrogens (tertiary/aromatic N) is 3. The van der Waals surface area contributed by atoms with Gasteiger partial charge >= 0.3 is 6.09 Å². The molecule has 3 aromatic heterocycles. The number of alkyl carbamates (subject to hydrolysis) is 1. The molecule has 12 nitrogen and oxygen atoms in total. The largest absolute Gasteiger partial charge is 0.444 e. The Bertz CT molecular complexity index is 1840. The van der Waals surface area contributed by atoms with Gasteiger partial charge in [-0.3, -0.25) is 15.1 Å². The summed E-state index contributed by atoms with van der Waals surface area (Å²) in [6.45, 7) is 3.65. The van der Waals surface area contributed by atoms with Crippen LogP contribution in [0, 0.1) is 5.92 Å². The van der Waals surface area contributed by atoms with Crippen molar-refractivity contribution in [3.05, 3.63) is 94.7 Å². The average Bonchev–Trinajstić information content (AvgIpc) is 3.81. The second-order valence-corrected chi connectivity index (χ2v) is 14.9. The first-order valence-corrected chi connectivity index (χ1v) is 17.6. The number of hydrogen-bond donors (Lipinski definition) is 4. The molecule has 0 aliphatic rings. The maximum absolute atomic E-state index is 14.0. The van der Waals surface area contributed by atoms with Gasteiger partial charge in [-0.15, -0.1) is 11.3 Å². The van der Waals surface area contributed by atoms with E-state index in [2.05, 4.69) is 25.6 Å². The predicted molar refractivity (Wildman–Crippen MR) is 177 cm³/mol. The molecule has 0 spiro atoms. The molecule has 0 fully saturated rings. The second-order valence-electron chi connectivity index (χ2n) is 11.0. The Balaban J connectivity index is 1.35. The van der Waals surface area contributed by atoms with Gasteiger partial charge in [0.15, 0.2) is 5.13 Å². The van der Waals surface area contributed by atoms with Gasteiger partial charge in [-0.05, 0) is 48.2 Å². The van der Waals surface area contributed by atoms with Gasteiger partial charge in [0, 0.05) is 25.5 Å². The first-order chi connectivity index (χ1) is 22.1. The molecule has 0 bridgehead atoms. The van der Waals surface area contributed by atoms with Crippen LogP contribution in [0.3, 0.4) is 0 Å². The Kier molecular flexibility index (Phi) is 10.8. The van der Waals surface area contributed by atoms with Crippen molar-refractivity contribution in [3.8, 4) is 0 Å². The van der Waals surface area contributed by atoms with E-state index < -0.39 is 28.3 Å². The van der Waals surface area contributed by atoms with Crippen LogP contribution >= 0.6 is 22.7 Å². The summed E-state index contributed by atoms with van der Waals surface area (Å²) in [6, 6.07) is 16.4. The number of aromatic nitrogens is 3. The first kappa shape index (κ1) is 33.2. The van der Waals surface area contributed by atoms with Crippen LogP contribution < -0.4 is 10.6 Å². The fourth-order valence-corrected chi connectivity index (χ4v) is 7.84. The third-order valence-corrected chi connectivity index (χ3v) is 10.4. The number of fused-ring (bicyclic) bond motifs is 1. The van der Waals surface area contributed by atoms with E-state index in [1.807, 2.05) is 44.2 Å². The highest BCUT2D eigenvalue weighted by atomic mass is 32.2. The van der Waals surface area contributed by atoms with E-state index >= 15 is 0 Å². The van der Waals surface area contributed by atoms with Crippen LogP contribution in [0.5, 0.6) is 0 Å². The number of sulfonamides is 1. The number of hydrogen-bond acceptors (Lipinski definition) is 10. The van der Waals surface area contributed by atoms with Gasteiger partial charge in [-0.1, -0.05) is 55.5 Å². The Labute approximate surface area is 274 Å². The van der Waals surface area contributed by atoms with Crippen molar-refractivity contribution < 1.29 is 27.9 Å². The van der Waals surface area contributed by atoms with Gasteiger partial charge in [-0.25, -0.2) is 18.2 Å². The standard InChI is InChI=1S/C31H34N6O6S3/c1-20(2)16-37(17-27(38)26(13-21-7-4-3-5-8-21)35-31(40)43-18-22-15-32-19-44-22)46(41,42)23-10-11-24-28(14-23)45-30(34-24)36-29(39)25-9-6-12-33-25/h3-12,14-15,19-20,26-27,33,38H,13,16-18H2,1-2H3,(H,35,40)(H,34,36,39)/t26-,27+/m0/s1. The maximum atomic E-state index is 14.0. The van der Waals surface area contributed by atoms with E-state index in [1.54, 1.807) is 36.1 Å². The third-order valence-electron chi connectivity index (χ3n) is 6.92. The van der Waals surface area contributed by atoms with Gasteiger partial charge < -0.3 is 20.1 Å². The van der Waals surface area contributed by atoms with Crippen LogP contribution in [0.15, 0.2) is 83.5 Å². The molecule has 5 rings (SSSR count). The third kappa shape index (κ3) is 8.55. The van der Waals surface area contributed by atoms with Crippen LogP contribution in [0.25, 0.3) is 10.2 Å². The molecule has 0 unspecified atom stereocenters. The number of aliphatic hydroxyl groups excluding tert-OH is 1. The van der Waals surface area contributed by atoms with Crippen molar-refractivity contribution in [2.75, 3.05) is 18.4 Å².